The molecule has 4 aromatic rings. The first-order valence-electron chi connectivity index (χ1n) is 11.4. The highest BCUT2D eigenvalue weighted by molar-refractivity contribution is 6.05. The number of amides is 1. The maximum Gasteiger partial charge on any atom is 0.416 e. The SMILES string of the molecule is Cc1c(C(=O)Nc2cc(C(F)(F)F)ccc2N2CCCCC2)nnn1-c1ccc2ncccc2c1. The molecule has 35 heavy (non-hydrogen) atoms. The van der Waals surface area contributed by atoms with Crippen molar-refractivity contribution in [1.82, 2.24) is 20.0 Å². The summed E-state index contributed by atoms with van der Waals surface area (Å²) in [6.07, 6.45) is 0.152. The van der Waals surface area contributed by atoms with Gasteiger partial charge in [0.05, 0.1) is 33.8 Å². The van der Waals surface area contributed by atoms with E-state index in [0.717, 1.165) is 55.4 Å². The van der Waals surface area contributed by atoms with Crippen molar-refractivity contribution in [2.45, 2.75) is 32.4 Å². The Morgan fingerprint density at radius 1 is 1.03 bits per heavy atom. The average molecular weight is 480 g/mol. The molecule has 5 rings (SSSR count). The van der Waals surface area contributed by atoms with Crippen LogP contribution >= 0.6 is 0 Å². The van der Waals surface area contributed by atoms with Gasteiger partial charge in [-0.2, -0.15) is 13.2 Å². The predicted molar refractivity (Wildman–Crippen MR) is 127 cm³/mol. The Kier molecular flexibility index (Phi) is 5.88. The smallest absolute Gasteiger partial charge is 0.370 e. The number of pyridine rings is 1. The lowest BCUT2D eigenvalue weighted by Gasteiger charge is -2.31. The lowest BCUT2D eigenvalue weighted by atomic mass is 10.1. The first-order valence-corrected chi connectivity index (χ1v) is 11.4. The van der Waals surface area contributed by atoms with Crippen molar-refractivity contribution in [2.24, 2.45) is 0 Å². The average Bonchev–Trinajstić information content (AvgIpc) is 3.25. The van der Waals surface area contributed by atoms with Crippen LogP contribution in [0, 0.1) is 6.92 Å². The van der Waals surface area contributed by atoms with E-state index >= 15 is 0 Å². The summed E-state index contributed by atoms with van der Waals surface area (Å²) >= 11 is 0. The summed E-state index contributed by atoms with van der Waals surface area (Å²) in [6.45, 7) is 3.14. The number of hydrogen-bond donors (Lipinski definition) is 1. The number of anilines is 2. The van der Waals surface area contributed by atoms with E-state index in [0.29, 0.717) is 17.1 Å². The van der Waals surface area contributed by atoms with Crippen LogP contribution in [0.25, 0.3) is 16.6 Å². The van der Waals surface area contributed by atoms with E-state index in [-0.39, 0.29) is 11.4 Å². The van der Waals surface area contributed by atoms with Gasteiger partial charge in [0.1, 0.15) is 0 Å². The van der Waals surface area contributed by atoms with Crippen LogP contribution in [-0.4, -0.2) is 39.0 Å². The van der Waals surface area contributed by atoms with Gasteiger partial charge in [0, 0.05) is 24.7 Å². The van der Waals surface area contributed by atoms with Crippen LogP contribution in [0.5, 0.6) is 0 Å². The molecule has 0 bridgehead atoms. The summed E-state index contributed by atoms with van der Waals surface area (Å²) in [7, 11) is 0. The zero-order valence-corrected chi connectivity index (χ0v) is 19.0. The molecule has 0 atom stereocenters. The molecule has 0 radical (unpaired) electrons. The Morgan fingerprint density at radius 2 is 1.83 bits per heavy atom. The largest absolute Gasteiger partial charge is 0.416 e. The quantitative estimate of drug-likeness (QED) is 0.424. The number of halogens is 3. The predicted octanol–water partition coefficient (Wildman–Crippen LogP) is 5.39. The number of alkyl halides is 3. The number of piperidine rings is 1. The number of nitrogens with zero attached hydrogens (tertiary/aromatic N) is 5. The molecule has 1 aliphatic rings. The second kappa shape index (κ2) is 9.01. The summed E-state index contributed by atoms with van der Waals surface area (Å²) in [5.41, 5.74) is 1.88. The minimum absolute atomic E-state index is 0.0401. The van der Waals surface area contributed by atoms with Crippen molar-refractivity contribution >= 4 is 28.2 Å². The monoisotopic (exact) mass is 480 g/mol. The van der Waals surface area contributed by atoms with E-state index in [1.807, 2.05) is 35.2 Å². The molecule has 3 heterocycles. The number of benzene rings is 2. The van der Waals surface area contributed by atoms with Gasteiger partial charge in [-0.3, -0.25) is 9.78 Å². The molecule has 10 heteroatoms. The number of carbonyl (C=O) groups excluding carboxylic acids is 1. The van der Waals surface area contributed by atoms with Crippen LogP contribution in [0.4, 0.5) is 24.5 Å². The van der Waals surface area contributed by atoms with Crippen molar-refractivity contribution in [3.8, 4) is 5.69 Å². The molecule has 2 aromatic heterocycles. The van der Waals surface area contributed by atoms with Gasteiger partial charge in [-0.05, 0) is 68.7 Å². The van der Waals surface area contributed by atoms with Gasteiger partial charge in [-0.25, -0.2) is 4.68 Å². The summed E-state index contributed by atoms with van der Waals surface area (Å²) < 4.78 is 41.8. The minimum Gasteiger partial charge on any atom is -0.370 e. The molecule has 180 valence electrons. The Morgan fingerprint density at radius 3 is 2.60 bits per heavy atom. The molecule has 1 aliphatic heterocycles. The molecule has 1 fully saturated rings. The number of aromatic nitrogens is 4. The zero-order valence-electron chi connectivity index (χ0n) is 19.0. The summed E-state index contributed by atoms with van der Waals surface area (Å²) in [6, 6.07) is 12.8. The van der Waals surface area contributed by atoms with Gasteiger partial charge in [0.2, 0.25) is 0 Å². The van der Waals surface area contributed by atoms with E-state index in [4.69, 9.17) is 0 Å². The summed E-state index contributed by atoms with van der Waals surface area (Å²) in [5.74, 6) is -0.617. The molecule has 1 N–H and O–H groups in total. The third-order valence-corrected chi connectivity index (χ3v) is 6.21. The molecule has 0 unspecified atom stereocenters. The Hall–Kier alpha value is -3.95. The van der Waals surface area contributed by atoms with Crippen LogP contribution in [0.1, 0.15) is 41.0 Å². The van der Waals surface area contributed by atoms with Gasteiger partial charge in [-0.15, -0.1) is 5.10 Å². The highest BCUT2D eigenvalue weighted by atomic mass is 19.4. The molecule has 1 saturated heterocycles. The lowest BCUT2D eigenvalue weighted by Crippen LogP contribution is -2.30. The summed E-state index contributed by atoms with van der Waals surface area (Å²) in [4.78, 5) is 19.5. The Bertz CT molecular complexity index is 1390. The molecular weight excluding hydrogens is 457 g/mol. The fourth-order valence-corrected chi connectivity index (χ4v) is 4.38. The van der Waals surface area contributed by atoms with Crippen molar-refractivity contribution in [3.05, 3.63) is 71.7 Å². The summed E-state index contributed by atoms with van der Waals surface area (Å²) in [5, 5.41) is 11.7. The van der Waals surface area contributed by atoms with Crippen molar-refractivity contribution < 1.29 is 18.0 Å². The number of rotatable bonds is 4. The highest BCUT2D eigenvalue weighted by Gasteiger charge is 2.32. The standard InChI is InChI=1S/C25H23F3N6O/c1-16-23(31-32-34(16)19-8-9-20-17(14-19)6-5-11-29-20)24(35)30-21-15-18(25(26,27)28)7-10-22(21)33-12-3-2-4-13-33/h5-11,14-15H,2-4,12-13H2,1H3,(H,30,35). The first kappa shape index (κ1) is 22.8. The molecule has 1 amide bonds. The maximum atomic E-state index is 13.4. The van der Waals surface area contributed by atoms with Crippen LogP contribution in [0.2, 0.25) is 0 Å². The molecular formula is C25H23F3N6O. The molecule has 0 spiro atoms. The van der Waals surface area contributed by atoms with Gasteiger partial charge in [0.25, 0.3) is 5.91 Å². The fraction of sp³-hybridized carbons (Fsp3) is 0.280. The molecule has 7 nitrogen and oxygen atoms in total. The van der Waals surface area contributed by atoms with Crippen LogP contribution in [-0.2, 0) is 6.18 Å². The number of hydrogen-bond acceptors (Lipinski definition) is 5. The number of nitrogens with one attached hydrogen (secondary N) is 1. The van der Waals surface area contributed by atoms with E-state index in [1.165, 1.54) is 10.7 Å². The van der Waals surface area contributed by atoms with Crippen molar-refractivity contribution in [1.29, 1.82) is 0 Å². The Labute approximate surface area is 199 Å². The third kappa shape index (κ3) is 4.55. The van der Waals surface area contributed by atoms with Crippen LogP contribution in [0.3, 0.4) is 0 Å². The number of fused-ring (bicyclic) bond motifs is 1. The molecule has 0 aliphatic carbocycles. The van der Waals surface area contributed by atoms with Crippen LogP contribution in [0.15, 0.2) is 54.7 Å². The highest BCUT2D eigenvalue weighted by Crippen LogP contribution is 2.36. The second-order valence-corrected chi connectivity index (χ2v) is 8.55. The van der Waals surface area contributed by atoms with Crippen molar-refractivity contribution in [2.75, 3.05) is 23.3 Å². The Balaban J connectivity index is 1.47. The van der Waals surface area contributed by atoms with Gasteiger partial charge in [-0.1, -0.05) is 11.3 Å². The topological polar surface area (TPSA) is 75.9 Å². The van der Waals surface area contributed by atoms with E-state index in [1.54, 1.807) is 13.1 Å². The fourth-order valence-electron chi connectivity index (χ4n) is 4.38. The third-order valence-electron chi connectivity index (χ3n) is 6.21. The van der Waals surface area contributed by atoms with Gasteiger partial charge < -0.3 is 10.2 Å². The maximum absolute atomic E-state index is 13.4. The second-order valence-electron chi connectivity index (χ2n) is 8.55. The van der Waals surface area contributed by atoms with E-state index < -0.39 is 17.6 Å². The normalized spacial score (nSPS) is 14.3. The van der Waals surface area contributed by atoms with Crippen molar-refractivity contribution in [3.63, 3.8) is 0 Å². The van der Waals surface area contributed by atoms with Gasteiger partial charge >= 0.3 is 6.18 Å². The zero-order chi connectivity index (χ0) is 24.6. The minimum atomic E-state index is -4.52. The van der Waals surface area contributed by atoms with Gasteiger partial charge in [0.15, 0.2) is 5.69 Å². The lowest BCUT2D eigenvalue weighted by molar-refractivity contribution is -0.137. The van der Waals surface area contributed by atoms with Crippen LogP contribution < -0.4 is 10.2 Å². The molecule has 2 aromatic carbocycles. The molecule has 0 saturated carbocycles. The van der Waals surface area contributed by atoms with E-state index in [9.17, 15) is 18.0 Å². The first-order chi connectivity index (χ1) is 16.8. The van der Waals surface area contributed by atoms with E-state index in [2.05, 4.69) is 20.6 Å². The number of carbonyl (C=O) groups is 1.